The van der Waals surface area contributed by atoms with Gasteiger partial charge in [-0.05, 0) is 24.6 Å². The van der Waals surface area contributed by atoms with Crippen molar-refractivity contribution in [2.75, 3.05) is 12.1 Å². The quantitative estimate of drug-likeness (QED) is 0.764. The third-order valence-corrected chi connectivity index (χ3v) is 4.12. The van der Waals surface area contributed by atoms with Crippen LogP contribution in [0.2, 0.25) is 0 Å². The predicted octanol–water partition coefficient (Wildman–Crippen LogP) is 2.64. The molecule has 4 rings (SSSR count). The van der Waals surface area contributed by atoms with Gasteiger partial charge in [0.15, 0.2) is 17.1 Å². The highest BCUT2D eigenvalue weighted by Gasteiger charge is 2.17. The number of hydrogen-bond acceptors (Lipinski definition) is 7. The molecule has 1 aliphatic heterocycles. The van der Waals surface area contributed by atoms with Crippen molar-refractivity contribution in [2.45, 2.75) is 25.9 Å². The number of rotatable bonds is 5. The molecule has 1 aliphatic rings. The molecule has 0 bridgehead atoms. The van der Waals surface area contributed by atoms with Crippen LogP contribution in [0, 0.1) is 11.3 Å². The minimum Gasteiger partial charge on any atom is -0.454 e. The number of benzene rings is 1. The highest BCUT2D eigenvalue weighted by Crippen LogP contribution is 2.35. The lowest BCUT2D eigenvalue weighted by Gasteiger charge is -2.15. The van der Waals surface area contributed by atoms with Crippen molar-refractivity contribution in [3.63, 3.8) is 0 Å². The molecule has 1 atom stereocenters. The Hall–Kier alpha value is -3.34. The molecule has 1 unspecified atom stereocenters. The van der Waals surface area contributed by atoms with Crippen molar-refractivity contribution in [1.29, 1.82) is 5.26 Å². The molecular weight excluding hydrogens is 320 g/mol. The molecule has 0 spiro atoms. The molecule has 0 radical (unpaired) electrons. The lowest BCUT2D eigenvalue weighted by molar-refractivity contribution is 0.174. The molecule has 0 saturated heterocycles. The number of nitrogens with one attached hydrogen (secondary N) is 1. The summed E-state index contributed by atoms with van der Waals surface area (Å²) in [5, 5.41) is 17.3. The van der Waals surface area contributed by atoms with E-state index in [1.807, 2.05) is 25.1 Å². The number of fused-ring (bicyclic) bond motifs is 2. The lowest BCUT2D eigenvalue weighted by Crippen LogP contribution is -2.09. The van der Waals surface area contributed by atoms with E-state index in [9.17, 15) is 0 Å². The minimum atomic E-state index is 0.00931. The summed E-state index contributed by atoms with van der Waals surface area (Å²) in [6, 6.07) is 8.00. The Labute approximate surface area is 144 Å². The second-order valence-corrected chi connectivity index (χ2v) is 5.71. The van der Waals surface area contributed by atoms with E-state index in [0.717, 1.165) is 22.4 Å². The summed E-state index contributed by atoms with van der Waals surface area (Å²) in [5.74, 6) is 2.22. The monoisotopic (exact) mass is 336 g/mol. The third-order valence-electron chi connectivity index (χ3n) is 4.12. The summed E-state index contributed by atoms with van der Waals surface area (Å²) in [5.41, 5.74) is 1.78. The normalized spacial score (nSPS) is 13.6. The summed E-state index contributed by atoms with van der Waals surface area (Å²) < 4.78 is 12.5. The Morgan fingerprint density at radius 2 is 2.20 bits per heavy atom. The van der Waals surface area contributed by atoms with E-state index >= 15 is 0 Å². The van der Waals surface area contributed by atoms with Crippen molar-refractivity contribution < 1.29 is 9.47 Å². The van der Waals surface area contributed by atoms with E-state index in [1.165, 1.54) is 6.33 Å². The van der Waals surface area contributed by atoms with Gasteiger partial charge in [-0.15, -0.1) is 0 Å². The molecule has 0 aliphatic carbocycles. The largest absolute Gasteiger partial charge is 0.454 e. The first kappa shape index (κ1) is 15.2. The zero-order valence-electron chi connectivity index (χ0n) is 13.6. The molecule has 126 valence electrons. The summed E-state index contributed by atoms with van der Waals surface area (Å²) in [7, 11) is 0. The average molecular weight is 336 g/mol. The van der Waals surface area contributed by atoms with Gasteiger partial charge in [-0.3, -0.25) is 0 Å². The maximum atomic E-state index is 8.75. The standard InChI is InChI=1S/C17H16N6O2/c1-11(12-3-4-14-15(7-12)25-10-24-14)22-16-13-8-21-23(6-2-5-18)17(13)20-9-19-16/h3-4,7-9,11H,2,6,10H2,1H3,(H,19,20,22). The molecule has 25 heavy (non-hydrogen) atoms. The van der Waals surface area contributed by atoms with Crippen LogP contribution >= 0.6 is 0 Å². The van der Waals surface area contributed by atoms with Crippen LogP contribution < -0.4 is 14.8 Å². The number of hydrogen-bond donors (Lipinski definition) is 1. The van der Waals surface area contributed by atoms with Gasteiger partial charge in [0.25, 0.3) is 0 Å². The molecule has 0 saturated carbocycles. The van der Waals surface area contributed by atoms with Gasteiger partial charge in [0.2, 0.25) is 6.79 Å². The molecule has 0 amide bonds. The van der Waals surface area contributed by atoms with Gasteiger partial charge >= 0.3 is 0 Å². The number of ether oxygens (including phenoxy) is 2. The molecular formula is C17H16N6O2. The zero-order chi connectivity index (χ0) is 17.2. The Kier molecular flexibility index (Phi) is 3.82. The fourth-order valence-corrected chi connectivity index (χ4v) is 2.80. The van der Waals surface area contributed by atoms with E-state index < -0.39 is 0 Å². The molecule has 1 N–H and O–H groups in total. The first-order chi connectivity index (χ1) is 12.3. The number of anilines is 1. The van der Waals surface area contributed by atoms with E-state index in [0.29, 0.717) is 24.4 Å². The highest BCUT2D eigenvalue weighted by molar-refractivity contribution is 5.86. The second kappa shape index (κ2) is 6.28. The van der Waals surface area contributed by atoms with E-state index in [4.69, 9.17) is 14.7 Å². The fourth-order valence-electron chi connectivity index (χ4n) is 2.80. The smallest absolute Gasteiger partial charge is 0.231 e. The Balaban J connectivity index is 1.60. The Morgan fingerprint density at radius 3 is 3.08 bits per heavy atom. The Morgan fingerprint density at radius 1 is 1.32 bits per heavy atom. The molecule has 8 heteroatoms. The average Bonchev–Trinajstić information content (AvgIpc) is 3.26. The van der Waals surface area contributed by atoms with Gasteiger partial charge in [-0.1, -0.05) is 6.07 Å². The first-order valence-corrected chi connectivity index (χ1v) is 7.96. The first-order valence-electron chi connectivity index (χ1n) is 7.96. The van der Waals surface area contributed by atoms with Crippen LogP contribution in [0.15, 0.2) is 30.7 Å². The predicted molar refractivity (Wildman–Crippen MR) is 90.2 cm³/mol. The van der Waals surface area contributed by atoms with Crippen molar-refractivity contribution in [2.24, 2.45) is 0 Å². The van der Waals surface area contributed by atoms with Gasteiger partial charge in [0.1, 0.15) is 12.1 Å². The van der Waals surface area contributed by atoms with Gasteiger partial charge in [0, 0.05) is 0 Å². The highest BCUT2D eigenvalue weighted by atomic mass is 16.7. The van der Waals surface area contributed by atoms with Gasteiger partial charge in [-0.25, -0.2) is 14.6 Å². The van der Waals surface area contributed by atoms with Crippen LogP contribution in [0.25, 0.3) is 11.0 Å². The Bertz CT molecular complexity index is 961. The topological polar surface area (TPSA) is 97.9 Å². The van der Waals surface area contributed by atoms with E-state index in [2.05, 4.69) is 26.5 Å². The molecule has 1 aromatic carbocycles. The maximum absolute atomic E-state index is 8.75. The number of nitrogens with zero attached hydrogens (tertiary/aromatic N) is 5. The zero-order valence-corrected chi connectivity index (χ0v) is 13.6. The number of aryl methyl sites for hydroxylation is 1. The number of aromatic nitrogens is 4. The second-order valence-electron chi connectivity index (χ2n) is 5.71. The van der Waals surface area contributed by atoms with Crippen molar-refractivity contribution >= 4 is 16.9 Å². The molecule has 0 fully saturated rings. The summed E-state index contributed by atoms with van der Waals surface area (Å²) in [6.45, 7) is 2.81. The van der Waals surface area contributed by atoms with Crippen molar-refractivity contribution in [3.8, 4) is 17.6 Å². The summed E-state index contributed by atoms with van der Waals surface area (Å²) in [4.78, 5) is 8.63. The van der Waals surface area contributed by atoms with Gasteiger partial charge < -0.3 is 14.8 Å². The lowest BCUT2D eigenvalue weighted by atomic mass is 10.1. The van der Waals surface area contributed by atoms with Gasteiger partial charge in [-0.2, -0.15) is 10.4 Å². The van der Waals surface area contributed by atoms with Crippen LogP contribution in [-0.4, -0.2) is 26.5 Å². The summed E-state index contributed by atoms with van der Waals surface area (Å²) in [6.07, 6.45) is 3.61. The fraction of sp³-hybridized carbons (Fsp3) is 0.294. The van der Waals surface area contributed by atoms with Crippen LogP contribution in [0.5, 0.6) is 11.5 Å². The van der Waals surface area contributed by atoms with Crippen LogP contribution in [0.3, 0.4) is 0 Å². The van der Waals surface area contributed by atoms with Crippen LogP contribution in [-0.2, 0) is 6.54 Å². The summed E-state index contributed by atoms with van der Waals surface area (Å²) >= 11 is 0. The molecule has 3 heterocycles. The van der Waals surface area contributed by atoms with Gasteiger partial charge in [0.05, 0.1) is 36.7 Å². The van der Waals surface area contributed by atoms with Crippen LogP contribution in [0.1, 0.15) is 24.9 Å². The molecule has 8 nitrogen and oxygen atoms in total. The van der Waals surface area contributed by atoms with E-state index in [1.54, 1.807) is 10.9 Å². The maximum Gasteiger partial charge on any atom is 0.231 e. The van der Waals surface area contributed by atoms with Crippen LogP contribution in [0.4, 0.5) is 5.82 Å². The third kappa shape index (κ3) is 2.80. The van der Waals surface area contributed by atoms with Crippen molar-refractivity contribution in [1.82, 2.24) is 19.7 Å². The number of nitriles is 1. The van der Waals surface area contributed by atoms with Crippen molar-refractivity contribution in [3.05, 3.63) is 36.3 Å². The van der Waals surface area contributed by atoms with E-state index in [-0.39, 0.29) is 12.8 Å². The SMILES string of the molecule is CC(Nc1ncnc2c1cnn2CCC#N)c1ccc2c(c1)OCO2. The molecule has 2 aromatic heterocycles. The minimum absolute atomic E-state index is 0.00931. The molecule has 3 aromatic rings.